The number of amides is 2. The number of β-amino-alcohol motifs (C(OH)–C–C–N with tert-alkyl or cyclic N) is 1. The average Bonchev–Trinajstić information content (AvgIpc) is 3.48. The summed E-state index contributed by atoms with van der Waals surface area (Å²) in [4.78, 5) is 42.1. The fourth-order valence-electron chi connectivity index (χ4n) is 6.12. The first kappa shape index (κ1) is 35.3. The molecule has 0 bridgehead atoms. The van der Waals surface area contributed by atoms with Crippen molar-refractivity contribution in [3.63, 3.8) is 0 Å². The molecule has 0 atom stereocenters. The van der Waals surface area contributed by atoms with Crippen molar-refractivity contribution in [3.05, 3.63) is 106 Å². The van der Waals surface area contributed by atoms with Gasteiger partial charge in [-0.2, -0.15) is 0 Å². The zero-order valence-corrected chi connectivity index (χ0v) is 29.5. The first-order valence-electron chi connectivity index (χ1n) is 16.4. The first-order chi connectivity index (χ1) is 24.7. The third-order valence-corrected chi connectivity index (χ3v) is 9.30. The number of hydrogen-bond acceptors (Lipinski definition) is 10. The maximum atomic E-state index is 13.4. The predicted molar refractivity (Wildman–Crippen MR) is 196 cm³/mol. The Hall–Kier alpha value is -5.50. The summed E-state index contributed by atoms with van der Waals surface area (Å²) in [5.41, 5.74) is 6.86. The molecule has 0 saturated carbocycles. The summed E-state index contributed by atoms with van der Waals surface area (Å²) in [5.74, 6) is 0.507. The number of nitrogens with zero attached hydrogens (tertiary/aromatic N) is 5. The van der Waals surface area contributed by atoms with Gasteiger partial charge in [0, 0.05) is 92.4 Å². The van der Waals surface area contributed by atoms with Crippen molar-refractivity contribution in [2.75, 3.05) is 49.9 Å². The van der Waals surface area contributed by atoms with Gasteiger partial charge in [0.25, 0.3) is 11.8 Å². The van der Waals surface area contributed by atoms with Crippen LogP contribution in [0.5, 0.6) is 11.6 Å². The van der Waals surface area contributed by atoms with Crippen LogP contribution in [-0.4, -0.2) is 75.3 Å². The second-order valence-electron chi connectivity index (χ2n) is 12.0. The molecule has 0 fully saturated rings. The van der Waals surface area contributed by atoms with E-state index >= 15 is 0 Å². The Labute approximate surface area is 300 Å². The molecule has 4 heterocycles. The Morgan fingerprint density at radius 1 is 0.980 bits per heavy atom. The van der Waals surface area contributed by atoms with Crippen molar-refractivity contribution in [3.8, 4) is 22.8 Å². The largest absolute Gasteiger partial charge is 0.496 e. The van der Waals surface area contributed by atoms with E-state index in [1.165, 1.54) is 0 Å². The molecule has 0 aliphatic carbocycles. The van der Waals surface area contributed by atoms with Gasteiger partial charge in [-0.25, -0.2) is 9.97 Å². The molecule has 3 aromatic heterocycles. The number of imidazole rings is 1. The van der Waals surface area contributed by atoms with Crippen molar-refractivity contribution in [2.24, 2.45) is 7.05 Å². The monoisotopic (exact) mass is 710 g/mol. The number of carbonyl (C=O) groups is 2. The van der Waals surface area contributed by atoms with Crippen LogP contribution in [0.25, 0.3) is 11.1 Å². The standard InChI is InChI=1S/C37H39ClN8O5/c1-22-25(26-8-6-10-28(34(26)38)44-37(49)35-42-30-21-46(15-16-47)14-12-31(30)45(35)2)7-5-9-27(22)43-36(48)29-18-32(50-3)23(20-41-29)19-40-24-11-13-39-33(17-24)51-4/h5-11,13,17-18,20,47H,12,14-16,19,21H2,1-4H3,(H,39,40)(H,43,48)(H,44,49). The SMILES string of the molecule is COc1cc(NCc2cnc(C(=O)Nc3cccc(-c4cccc(NC(=O)c5nc6c(n5C)CCN(CCO)C6)c4Cl)c3C)cc2OC)ccn1. The summed E-state index contributed by atoms with van der Waals surface area (Å²) in [6.07, 6.45) is 3.99. The van der Waals surface area contributed by atoms with Crippen LogP contribution < -0.4 is 25.4 Å². The Morgan fingerprint density at radius 2 is 1.75 bits per heavy atom. The van der Waals surface area contributed by atoms with Crippen LogP contribution in [0, 0.1) is 6.92 Å². The highest BCUT2D eigenvalue weighted by molar-refractivity contribution is 6.36. The highest BCUT2D eigenvalue weighted by Crippen LogP contribution is 2.38. The molecule has 0 radical (unpaired) electrons. The highest BCUT2D eigenvalue weighted by atomic mass is 35.5. The second-order valence-corrected chi connectivity index (χ2v) is 12.4. The van der Waals surface area contributed by atoms with E-state index in [4.69, 9.17) is 21.1 Å². The summed E-state index contributed by atoms with van der Waals surface area (Å²) in [5, 5.41) is 18.9. The number of methoxy groups -OCH3 is 2. The molecule has 4 N–H and O–H groups in total. The smallest absolute Gasteiger partial charge is 0.291 e. The lowest BCUT2D eigenvalue weighted by Crippen LogP contribution is -2.33. The minimum Gasteiger partial charge on any atom is -0.496 e. The fraction of sp³-hybridized carbons (Fsp3) is 0.270. The number of carbonyl (C=O) groups excluding carboxylic acids is 2. The van der Waals surface area contributed by atoms with Gasteiger partial charge < -0.3 is 35.1 Å². The molecular formula is C37H39ClN8O5. The number of aliphatic hydroxyl groups excluding tert-OH is 1. The van der Waals surface area contributed by atoms with E-state index in [1.54, 1.807) is 50.9 Å². The summed E-state index contributed by atoms with van der Waals surface area (Å²) >= 11 is 6.93. The molecule has 14 heteroatoms. The number of aliphatic hydroxyl groups is 1. The van der Waals surface area contributed by atoms with E-state index < -0.39 is 5.91 Å². The number of pyridine rings is 2. The van der Waals surface area contributed by atoms with Gasteiger partial charge in [0.1, 0.15) is 11.4 Å². The lowest BCUT2D eigenvalue weighted by molar-refractivity contribution is 0.100. The molecule has 2 amide bonds. The zero-order chi connectivity index (χ0) is 36.1. The molecule has 5 aromatic rings. The lowest BCUT2D eigenvalue weighted by Gasteiger charge is -2.25. The van der Waals surface area contributed by atoms with Gasteiger partial charge >= 0.3 is 0 Å². The maximum Gasteiger partial charge on any atom is 0.291 e. The van der Waals surface area contributed by atoms with E-state index in [-0.39, 0.29) is 24.0 Å². The number of aromatic nitrogens is 4. The maximum absolute atomic E-state index is 13.4. The second kappa shape index (κ2) is 15.6. The molecule has 0 spiro atoms. The lowest BCUT2D eigenvalue weighted by atomic mass is 9.98. The number of anilines is 3. The van der Waals surface area contributed by atoms with Crippen LogP contribution in [0.15, 0.2) is 67.0 Å². The number of halogens is 1. The molecule has 0 saturated heterocycles. The van der Waals surface area contributed by atoms with E-state index in [0.717, 1.165) is 46.7 Å². The van der Waals surface area contributed by atoms with Crippen LogP contribution in [-0.2, 0) is 26.6 Å². The molecule has 0 unspecified atom stereocenters. The van der Waals surface area contributed by atoms with Gasteiger partial charge in [-0.1, -0.05) is 35.9 Å². The number of hydrogen-bond donors (Lipinski definition) is 4. The number of rotatable bonds is 12. The van der Waals surface area contributed by atoms with Crippen molar-refractivity contribution in [1.82, 2.24) is 24.4 Å². The molecule has 1 aliphatic heterocycles. The van der Waals surface area contributed by atoms with Gasteiger partial charge in [-0.15, -0.1) is 0 Å². The number of benzene rings is 2. The van der Waals surface area contributed by atoms with Crippen molar-refractivity contribution >= 4 is 40.5 Å². The quantitative estimate of drug-likeness (QED) is 0.134. The number of nitrogens with one attached hydrogen (secondary N) is 3. The number of fused-ring (bicyclic) bond motifs is 1. The van der Waals surface area contributed by atoms with Gasteiger partial charge in [0.05, 0.1) is 37.2 Å². The summed E-state index contributed by atoms with van der Waals surface area (Å²) in [6, 6.07) is 16.2. The Bertz CT molecular complexity index is 2080. The van der Waals surface area contributed by atoms with Crippen LogP contribution in [0.2, 0.25) is 5.02 Å². The van der Waals surface area contributed by atoms with Gasteiger partial charge in [0.15, 0.2) is 5.82 Å². The van der Waals surface area contributed by atoms with E-state index in [9.17, 15) is 14.7 Å². The van der Waals surface area contributed by atoms with Crippen LogP contribution >= 0.6 is 11.6 Å². The molecular weight excluding hydrogens is 672 g/mol. The molecule has 264 valence electrons. The topological polar surface area (TPSA) is 156 Å². The van der Waals surface area contributed by atoms with Crippen molar-refractivity contribution < 1.29 is 24.2 Å². The molecule has 2 aromatic carbocycles. The van der Waals surface area contributed by atoms with Gasteiger partial charge in [0.2, 0.25) is 5.88 Å². The van der Waals surface area contributed by atoms with Crippen LogP contribution in [0.1, 0.15) is 43.6 Å². The normalized spacial score (nSPS) is 12.6. The first-order valence-corrected chi connectivity index (χ1v) is 16.7. The average molecular weight is 711 g/mol. The van der Waals surface area contributed by atoms with Crippen molar-refractivity contribution in [1.29, 1.82) is 0 Å². The molecule has 1 aliphatic rings. The van der Waals surface area contributed by atoms with Crippen LogP contribution in [0.3, 0.4) is 0 Å². The Balaban J connectivity index is 1.17. The summed E-state index contributed by atoms with van der Waals surface area (Å²) in [7, 11) is 4.93. The van der Waals surface area contributed by atoms with Crippen LogP contribution in [0.4, 0.5) is 17.1 Å². The van der Waals surface area contributed by atoms with E-state index in [0.29, 0.717) is 53.2 Å². The highest BCUT2D eigenvalue weighted by Gasteiger charge is 2.26. The third kappa shape index (κ3) is 7.65. The molecule has 6 rings (SSSR count). The van der Waals surface area contributed by atoms with Crippen molar-refractivity contribution in [2.45, 2.75) is 26.4 Å². The Morgan fingerprint density at radius 3 is 2.51 bits per heavy atom. The molecule has 51 heavy (non-hydrogen) atoms. The Kier molecular flexibility index (Phi) is 10.8. The van der Waals surface area contributed by atoms with E-state index in [2.05, 4.69) is 35.8 Å². The minimum atomic E-state index is -0.406. The third-order valence-electron chi connectivity index (χ3n) is 8.90. The zero-order valence-electron chi connectivity index (χ0n) is 28.8. The fourth-order valence-corrected chi connectivity index (χ4v) is 6.40. The number of ether oxygens (including phenoxy) is 2. The summed E-state index contributed by atoms with van der Waals surface area (Å²) in [6.45, 7) is 4.30. The minimum absolute atomic E-state index is 0.0725. The molecule has 13 nitrogen and oxygen atoms in total. The van der Waals surface area contributed by atoms with Gasteiger partial charge in [-0.3, -0.25) is 19.5 Å². The predicted octanol–water partition coefficient (Wildman–Crippen LogP) is 5.32. The summed E-state index contributed by atoms with van der Waals surface area (Å²) < 4.78 is 12.6. The van der Waals surface area contributed by atoms with Gasteiger partial charge in [-0.05, 0) is 36.2 Å². The van der Waals surface area contributed by atoms with E-state index in [1.807, 2.05) is 48.9 Å².